The molecule has 0 saturated carbocycles. The van der Waals surface area contributed by atoms with Crippen LogP contribution in [0.25, 0.3) is 0 Å². The summed E-state index contributed by atoms with van der Waals surface area (Å²) in [5, 5.41) is 2.66. The lowest BCUT2D eigenvalue weighted by atomic mass is 10.3. The first-order chi connectivity index (χ1) is 12.6. The molecule has 0 unspecified atom stereocenters. The van der Waals surface area contributed by atoms with Gasteiger partial charge in [-0.15, -0.1) is 0 Å². The van der Waals surface area contributed by atoms with Crippen molar-refractivity contribution >= 4 is 23.4 Å². The second-order valence-electron chi connectivity index (χ2n) is 5.22. The third kappa shape index (κ3) is 5.10. The second kappa shape index (κ2) is 8.53. The maximum Gasteiger partial charge on any atom is 0.291 e. The minimum Gasteiger partial charge on any atom is -0.486 e. The number of furan rings is 1. The molecule has 0 aliphatic carbocycles. The summed E-state index contributed by atoms with van der Waals surface area (Å²) in [5.41, 5.74) is 0.493. The van der Waals surface area contributed by atoms with Gasteiger partial charge in [-0.3, -0.25) is 4.79 Å². The highest BCUT2D eigenvalue weighted by atomic mass is 32.2. The topological polar surface area (TPSA) is 51.5 Å². The maximum absolute atomic E-state index is 12.3. The Hall–Kier alpha value is -2.80. The van der Waals surface area contributed by atoms with Gasteiger partial charge in [-0.25, -0.2) is 0 Å². The maximum atomic E-state index is 12.3. The fraction of sp³-hybridized carbons (Fsp3) is 0.105. The van der Waals surface area contributed by atoms with Crippen LogP contribution in [-0.2, 0) is 6.61 Å². The summed E-state index contributed by atoms with van der Waals surface area (Å²) in [6.07, 6.45) is 0. The molecule has 1 amide bonds. The Morgan fingerprint density at radius 1 is 1.04 bits per heavy atom. The Morgan fingerprint density at radius 2 is 1.77 bits per heavy atom. The smallest absolute Gasteiger partial charge is 0.291 e. The fourth-order valence-electron chi connectivity index (χ4n) is 2.16. The summed E-state index contributed by atoms with van der Waals surface area (Å²) in [6, 6.07) is 18.7. The highest BCUT2D eigenvalue weighted by Gasteiger charge is 2.12. The highest BCUT2D eigenvalue weighted by Crippen LogP contribution is 2.26. The van der Waals surface area contributed by atoms with Gasteiger partial charge >= 0.3 is 0 Å². The van der Waals surface area contributed by atoms with E-state index in [9.17, 15) is 13.6 Å². The average Bonchev–Trinajstić information content (AvgIpc) is 3.11. The molecule has 3 aromatic rings. The minimum absolute atomic E-state index is 0.141. The van der Waals surface area contributed by atoms with Gasteiger partial charge in [0.1, 0.15) is 18.1 Å². The number of benzene rings is 2. The van der Waals surface area contributed by atoms with Crippen molar-refractivity contribution in [3.8, 4) is 5.75 Å². The number of halogens is 2. The molecule has 26 heavy (non-hydrogen) atoms. The van der Waals surface area contributed by atoms with Gasteiger partial charge in [0.15, 0.2) is 5.76 Å². The van der Waals surface area contributed by atoms with E-state index in [4.69, 9.17) is 9.15 Å². The number of carbonyl (C=O) groups excluding carboxylic acids is 1. The quantitative estimate of drug-likeness (QED) is 0.560. The third-order valence-electron chi connectivity index (χ3n) is 3.35. The number of hydrogen-bond donors (Lipinski definition) is 1. The molecule has 0 fully saturated rings. The van der Waals surface area contributed by atoms with E-state index in [0.717, 1.165) is 0 Å². The van der Waals surface area contributed by atoms with Gasteiger partial charge in [-0.2, -0.15) is 8.78 Å². The lowest BCUT2D eigenvalue weighted by Crippen LogP contribution is -2.10. The monoisotopic (exact) mass is 375 g/mol. The van der Waals surface area contributed by atoms with Crippen molar-refractivity contribution < 1.29 is 22.7 Å². The Balaban J connectivity index is 1.56. The van der Waals surface area contributed by atoms with Crippen LogP contribution in [0, 0.1) is 0 Å². The number of ether oxygens (including phenoxy) is 1. The van der Waals surface area contributed by atoms with E-state index in [0.29, 0.717) is 33.9 Å². The average molecular weight is 375 g/mol. The van der Waals surface area contributed by atoms with E-state index >= 15 is 0 Å². The van der Waals surface area contributed by atoms with Crippen LogP contribution in [0.1, 0.15) is 16.3 Å². The number of para-hydroxylation sites is 1. The van der Waals surface area contributed by atoms with Crippen molar-refractivity contribution in [1.29, 1.82) is 0 Å². The van der Waals surface area contributed by atoms with Crippen molar-refractivity contribution in [3.05, 3.63) is 78.3 Å². The molecule has 0 aliphatic heterocycles. The molecule has 1 N–H and O–H groups in total. The first-order valence-corrected chi connectivity index (χ1v) is 8.61. The van der Waals surface area contributed by atoms with Gasteiger partial charge in [0.05, 0.1) is 0 Å². The summed E-state index contributed by atoms with van der Waals surface area (Å²) in [6.45, 7) is 0.205. The molecule has 3 rings (SSSR count). The van der Waals surface area contributed by atoms with E-state index in [1.54, 1.807) is 24.3 Å². The Labute approximate surface area is 153 Å². The minimum atomic E-state index is -2.48. The van der Waals surface area contributed by atoms with Crippen LogP contribution in [0.5, 0.6) is 5.75 Å². The Kier molecular flexibility index (Phi) is 5.91. The molecule has 1 heterocycles. The Morgan fingerprint density at radius 3 is 2.46 bits per heavy atom. The van der Waals surface area contributed by atoms with E-state index in [2.05, 4.69) is 5.32 Å². The number of nitrogens with one attached hydrogen (secondary N) is 1. The van der Waals surface area contributed by atoms with Gasteiger partial charge in [-0.05, 0) is 48.5 Å². The number of rotatable bonds is 7. The zero-order valence-electron chi connectivity index (χ0n) is 13.5. The molecule has 0 radical (unpaired) electrons. The number of anilines is 1. The molecule has 134 valence electrons. The first-order valence-electron chi connectivity index (χ1n) is 7.73. The zero-order chi connectivity index (χ0) is 18.4. The summed E-state index contributed by atoms with van der Waals surface area (Å²) < 4.78 is 35.6. The predicted molar refractivity (Wildman–Crippen MR) is 95.7 cm³/mol. The molecule has 0 bridgehead atoms. The molecule has 0 saturated heterocycles. The normalized spacial score (nSPS) is 10.7. The number of hydrogen-bond acceptors (Lipinski definition) is 4. The molecule has 7 heteroatoms. The number of carbonyl (C=O) groups is 1. The number of amides is 1. The van der Waals surface area contributed by atoms with Gasteiger partial charge in [-0.1, -0.05) is 30.0 Å². The van der Waals surface area contributed by atoms with Gasteiger partial charge in [0, 0.05) is 10.6 Å². The highest BCUT2D eigenvalue weighted by molar-refractivity contribution is 7.99. The molecular weight excluding hydrogens is 360 g/mol. The van der Waals surface area contributed by atoms with Gasteiger partial charge in [0.25, 0.3) is 11.7 Å². The van der Waals surface area contributed by atoms with Crippen LogP contribution in [0.15, 0.2) is 76.0 Å². The number of alkyl halides is 2. The fourth-order valence-corrected chi connectivity index (χ4v) is 2.66. The lowest BCUT2D eigenvalue weighted by molar-refractivity contribution is 0.0992. The SMILES string of the molecule is O=C(Nc1ccc(SC(F)F)cc1)c1ccc(COc2ccccc2)o1. The molecule has 0 atom stereocenters. The molecule has 2 aromatic carbocycles. The van der Waals surface area contributed by atoms with E-state index < -0.39 is 11.7 Å². The summed E-state index contributed by atoms with van der Waals surface area (Å²) in [7, 11) is 0. The molecule has 0 aliphatic rings. The van der Waals surface area contributed by atoms with E-state index in [-0.39, 0.29) is 12.4 Å². The number of thioether (sulfide) groups is 1. The van der Waals surface area contributed by atoms with Gasteiger partial charge < -0.3 is 14.5 Å². The molecule has 1 aromatic heterocycles. The van der Waals surface area contributed by atoms with Crippen LogP contribution in [0.2, 0.25) is 0 Å². The largest absolute Gasteiger partial charge is 0.486 e. The molecule has 4 nitrogen and oxygen atoms in total. The lowest BCUT2D eigenvalue weighted by Gasteiger charge is -2.05. The summed E-state index contributed by atoms with van der Waals surface area (Å²) in [5.74, 6) is -1.54. The van der Waals surface area contributed by atoms with Crippen molar-refractivity contribution in [1.82, 2.24) is 0 Å². The van der Waals surface area contributed by atoms with Crippen molar-refractivity contribution in [2.45, 2.75) is 17.3 Å². The van der Waals surface area contributed by atoms with Gasteiger partial charge in [0.2, 0.25) is 0 Å². The third-order valence-corrected chi connectivity index (χ3v) is 4.07. The second-order valence-corrected chi connectivity index (χ2v) is 6.29. The summed E-state index contributed by atoms with van der Waals surface area (Å²) in [4.78, 5) is 12.6. The first kappa shape index (κ1) is 18.0. The zero-order valence-corrected chi connectivity index (χ0v) is 14.3. The van der Waals surface area contributed by atoms with Crippen molar-refractivity contribution in [2.75, 3.05) is 5.32 Å². The van der Waals surface area contributed by atoms with Crippen LogP contribution in [-0.4, -0.2) is 11.7 Å². The van der Waals surface area contributed by atoms with Crippen molar-refractivity contribution in [2.24, 2.45) is 0 Å². The standard InChI is InChI=1S/C19H15F2NO3S/c20-19(21)26-16-9-6-13(7-10-16)22-18(23)17-11-8-15(25-17)12-24-14-4-2-1-3-5-14/h1-11,19H,12H2,(H,22,23). The summed E-state index contributed by atoms with van der Waals surface area (Å²) >= 11 is 0.451. The van der Waals surface area contributed by atoms with Crippen LogP contribution >= 0.6 is 11.8 Å². The van der Waals surface area contributed by atoms with E-state index in [1.807, 2.05) is 30.3 Å². The molecular formula is C19H15F2NO3S. The van der Waals surface area contributed by atoms with Crippen LogP contribution in [0.4, 0.5) is 14.5 Å². The molecule has 0 spiro atoms. The van der Waals surface area contributed by atoms with Crippen LogP contribution in [0.3, 0.4) is 0 Å². The van der Waals surface area contributed by atoms with Crippen molar-refractivity contribution in [3.63, 3.8) is 0 Å². The van der Waals surface area contributed by atoms with Crippen LogP contribution < -0.4 is 10.1 Å². The predicted octanol–water partition coefficient (Wildman–Crippen LogP) is 5.43. The van der Waals surface area contributed by atoms with E-state index in [1.165, 1.54) is 12.1 Å². The Bertz CT molecular complexity index is 851.